The molecule has 0 aliphatic carbocycles. The molecule has 1 saturated heterocycles. The van der Waals surface area contributed by atoms with Crippen molar-refractivity contribution in [2.24, 2.45) is 0 Å². The molecule has 2 amide bonds. The summed E-state index contributed by atoms with van der Waals surface area (Å²) in [6.07, 6.45) is 1.63. The Balaban J connectivity index is 1.52. The van der Waals surface area contributed by atoms with Crippen molar-refractivity contribution in [2.45, 2.75) is 32.2 Å². The maximum Gasteiger partial charge on any atom is 0.242 e. The van der Waals surface area contributed by atoms with Crippen molar-refractivity contribution in [3.63, 3.8) is 0 Å². The van der Waals surface area contributed by atoms with Gasteiger partial charge >= 0.3 is 0 Å². The Morgan fingerprint density at radius 3 is 3.10 bits per heavy atom. The van der Waals surface area contributed by atoms with E-state index in [1.807, 2.05) is 6.92 Å². The van der Waals surface area contributed by atoms with E-state index in [-0.39, 0.29) is 17.9 Å². The zero-order valence-corrected chi connectivity index (χ0v) is 11.7. The van der Waals surface area contributed by atoms with Crippen LogP contribution in [-0.4, -0.2) is 44.2 Å². The predicted octanol–water partition coefficient (Wildman–Crippen LogP) is -0.568. The van der Waals surface area contributed by atoms with Crippen LogP contribution in [0.5, 0.6) is 0 Å². The highest BCUT2D eigenvalue weighted by Crippen LogP contribution is 2.13. The first-order chi connectivity index (χ1) is 9.63. The summed E-state index contributed by atoms with van der Waals surface area (Å²) >= 11 is 1.46. The molecule has 20 heavy (non-hydrogen) atoms. The first-order valence-electron chi connectivity index (χ1n) is 6.38. The van der Waals surface area contributed by atoms with E-state index in [0.717, 1.165) is 15.8 Å². The fraction of sp³-hybridized carbons (Fsp3) is 0.545. The molecule has 9 heteroatoms. The second kappa shape index (κ2) is 5.16. The van der Waals surface area contributed by atoms with Crippen molar-refractivity contribution in [3.8, 4) is 0 Å². The Kier molecular flexibility index (Phi) is 3.35. The van der Waals surface area contributed by atoms with Crippen LogP contribution < -0.4 is 10.6 Å². The van der Waals surface area contributed by atoms with E-state index < -0.39 is 0 Å². The second-order valence-corrected chi connectivity index (χ2v) is 5.68. The van der Waals surface area contributed by atoms with Crippen molar-refractivity contribution in [1.82, 2.24) is 30.4 Å². The van der Waals surface area contributed by atoms with Gasteiger partial charge in [0.05, 0.1) is 0 Å². The summed E-state index contributed by atoms with van der Waals surface area (Å²) in [6.45, 7) is 2.34. The van der Waals surface area contributed by atoms with Crippen LogP contribution in [0, 0.1) is 6.92 Å². The summed E-state index contributed by atoms with van der Waals surface area (Å²) in [4.78, 5) is 23.6. The Hall–Kier alpha value is -2.03. The molecule has 8 nitrogen and oxygen atoms in total. The van der Waals surface area contributed by atoms with Crippen LogP contribution in [-0.2, 0) is 16.0 Å². The molecule has 1 atom stereocenters. The Morgan fingerprint density at radius 1 is 1.55 bits per heavy atom. The maximum atomic E-state index is 11.8. The quantitative estimate of drug-likeness (QED) is 0.786. The van der Waals surface area contributed by atoms with Gasteiger partial charge in [0.1, 0.15) is 11.0 Å². The van der Waals surface area contributed by atoms with E-state index in [2.05, 4.69) is 25.9 Å². The number of aromatic nitrogens is 4. The van der Waals surface area contributed by atoms with Crippen LogP contribution >= 0.6 is 11.3 Å². The average Bonchev–Trinajstić information content (AvgIpc) is 3.08. The number of nitrogens with zero attached hydrogens (tertiary/aromatic N) is 4. The van der Waals surface area contributed by atoms with Crippen molar-refractivity contribution < 1.29 is 9.59 Å². The van der Waals surface area contributed by atoms with Gasteiger partial charge in [-0.15, -0.1) is 10.2 Å². The van der Waals surface area contributed by atoms with Gasteiger partial charge in [0.25, 0.3) is 0 Å². The Morgan fingerprint density at radius 2 is 2.40 bits per heavy atom. The van der Waals surface area contributed by atoms with Gasteiger partial charge in [-0.1, -0.05) is 11.3 Å². The third-order valence-corrected chi connectivity index (χ3v) is 4.10. The molecule has 3 heterocycles. The van der Waals surface area contributed by atoms with Gasteiger partial charge in [0.2, 0.25) is 16.8 Å². The average molecular weight is 294 g/mol. The summed E-state index contributed by atoms with van der Waals surface area (Å²) in [6, 6.07) is -0.387. The number of fused-ring (bicyclic) bond motifs is 1. The third-order valence-electron chi connectivity index (χ3n) is 3.14. The van der Waals surface area contributed by atoms with Gasteiger partial charge in [-0.3, -0.25) is 9.59 Å². The molecule has 0 aromatic carbocycles. The molecule has 0 spiro atoms. The lowest BCUT2D eigenvalue weighted by Crippen LogP contribution is -2.42. The number of nitrogens with one attached hydrogen (secondary N) is 2. The molecule has 0 bridgehead atoms. The minimum Gasteiger partial charge on any atom is -0.354 e. The van der Waals surface area contributed by atoms with Crippen LogP contribution in [0.1, 0.15) is 23.7 Å². The largest absolute Gasteiger partial charge is 0.354 e. The van der Waals surface area contributed by atoms with Gasteiger partial charge in [-0.25, -0.2) is 0 Å². The Bertz CT molecular complexity index is 663. The Labute approximate surface area is 118 Å². The van der Waals surface area contributed by atoms with E-state index in [0.29, 0.717) is 25.8 Å². The molecular weight excluding hydrogens is 280 g/mol. The molecule has 2 aromatic heterocycles. The van der Waals surface area contributed by atoms with E-state index in [4.69, 9.17) is 0 Å². The first-order valence-corrected chi connectivity index (χ1v) is 7.20. The molecule has 3 rings (SSSR count). The highest BCUT2D eigenvalue weighted by atomic mass is 32.1. The first kappa shape index (κ1) is 13.0. The van der Waals surface area contributed by atoms with Crippen molar-refractivity contribution in [2.75, 3.05) is 6.54 Å². The smallest absolute Gasteiger partial charge is 0.242 e. The molecule has 1 fully saturated rings. The SMILES string of the molecule is Cc1nnc2sc(CCNC(=O)C3CCC(=O)N3)nn12. The highest BCUT2D eigenvalue weighted by molar-refractivity contribution is 7.16. The predicted molar refractivity (Wildman–Crippen MR) is 71.3 cm³/mol. The van der Waals surface area contributed by atoms with Crippen LogP contribution in [0.25, 0.3) is 4.96 Å². The van der Waals surface area contributed by atoms with Gasteiger partial charge in [0, 0.05) is 19.4 Å². The van der Waals surface area contributed by atoms with E-state index >= 15 is 0 Å². The lowest BCUT2D eigenvalue weighted by molar-refractivity contribution is -0.125. The van der Waals surface area contributed by atoms with Crippen molar-refractivity contribution in [3.05, 3.63) is 10.8 Å². The summed E-state index contributed by atoms with van der Waals surface area (Å²) in [5, 5.41) is 18.6. The van der Waals surface area contributed by atoms with Crippen molar-refractivity contribution >= 4 is 28.1 Å². The second-order valence-electron chi connectivity index (χ2n) is 4.64. The van der Waals surface area contributed by atoms with Gasteiger partial charge in [-0.05, 0) is 13.3 Å². The molecule has 1 aliphatic heterocycles. The number of carbonyl (C=O) groups is 2. The van der Waals surface area contributed by atoms with Gasteiger partial charge in [0.15, 0.2) is 5.82 Å². The number of rotatable bonds is 4. The van der Waals surface area contributed by atoms with Crippen LogP contribution in [0.4, 0.5) is 0 Å². The number of hydrogen-bond acceptors (Lipinski definition) is 6. The summed E-state index contributed by atoms with van der Waals surface area (Å²) < 4.78 is 1.69. The molecule has 1 aliphatic rings. The highest BCUT2D eigenvalue weighted by Gasteiger charge is 2.26. The molecule has 2 aromatic rings. The summed E-state index contributed by atoms with van der Waals surface area (Å²) in [5.74, 6) is 0.560. The van der Waals surface area contributed by atoms with E-state index in [9.17, 15) is 9.59 Å². The standard InChI is InChI=1S/C11H14N6O2S/c1-6-14-15-11-17(6)16-9(20-11)4-5-12-10(19)7-2-3-8(18)13-7/h7H,2-5H2,1H3,(H,12,19)(H,13,18). The lowest BCUT2D eigenvalue weighted by atomic mass is 10.2. The molecule has 0 radical (unpaired) electrons. The van der Waals surface area contributed by atoms with E-state index in [1.54, 1.807) is 4.52 Å². The summed E-state index contributed by atoms with van der Waals surface area (Å²) in [5.41, 5.74) is 0. The van der Waals surface area contributed by atoms with Crippen LogP contribution in [0.3, 0.4) is 0 Å². The summed E-state index contributed by atoms with van der Waals surface area (Å²) in [7, 11) is 0. The molecule has 106 valence electrons. The van der Waals surface area contributed by atoms with E-state index in [1.165, 1.54) is 11.3 Å². The van der Waals surface area contributed by atoms with Gasteiger partial charge in [-0.2, -0.15) is 9.61 Å². The number of hydrogen-bond donors (Lipinski definition) is 2. The molecule has 2 N–H and O–H groups in total. The van der Waals surface area contributed by atoms with Gasteiger partial charge < -0.3 is 10.6 Å². The fourth-order valence-corrected chi connectivity index (χ4v) is 2.96. The molecule has 1 unspecified atom stereocenters. The zero-order chi connectivity index (χ0) is 14.1. The maximum absolute atomic E-state index is 11.8. The van der Waals surface area contributed by atoms with Crippen molar-refractivity contribution in [1.29, 1.82) is 0 Å². The lowest BCUT2D eigenvalue weighted by Gasteiger charge is -2.09. The minimum absolute atomic E-state index is 0.0609. The monoisotopic (exact) mass is 294 g/mol. The minimum atomic E-state index is -0.387. The van der Waals surface area contributed by atoms with Crippen LogP contribution in [0.15, 0.2) is 0 Å². The fourth-order valence-electron chi connectivity index (χ4n) is 2.08. The molecular formula is C11H14N6O2S. The number of carbonyl (C=O) groups excluding carboxylic acids is 2. The van der Waals surface area contributed by atoms with Crippen LogP contribution in [0.2, 0.25) is 0 Å². The normalized spacial score (nSPS) is 18.4. The topological polar surface area (TPSA) is 101 Å². The third kappa shape index (κ3) is 2.48. The molecule has 0 saturated carbocycles. The zero-order valence-electron chi connectivity index (χ0n) is 10.9. The number of amides is 2. The number of aryl methyl sites for hydroxylation is 1.